The first kappa shape index (κ1) is 18.2. The molecule has 1 saturated heterocycles. The highest BCUT2D eigenvalue weighted by Crippen LogP contribution is 2.24. The second kappa shape index (κ2) is 9.24. The zero-order valence-electron chi connectivity index (χ0n) is 14.8. The van der Waals surface area contributed by atoms with Gasteiger partial charge in [-0.25, -0.2) is 0 Å². The van der Waals surface area contributed by atoms with Crippen molar-refractivity contribution in [1.29, 1.82) is 0 Å². The summed E-state index contributed by atoms with van der Waals surface area (Å²) in [5, 5.41) is 0. The van der Waals surface area contributed by atoms with Gasteiger partial charge in [0.25, 0.3) is 0 Å². The molecular weight excluding hydrogens is 286 g/mol. The van der Waals surface area contributed by atoms with Crippen molar-refractivity contribution in [1.82, 2.24) is 14.7 Å². The van der Waals surface area contributed by atoms with E-state index >= 15 is 0 Å². The molecule has 1 saturated carbocycles. The smallest absolute Gasteiger partial charge is 0.240 e. The largest absolute Gasteiger partial charge is 0.334 e. The lowest BCUT2D eigenvalue weighted by molar-refractivity contribution is -0.136. The Morgan fingerprint density at radius 1 is 1.09 bits per heavy atom. The van der Waals surface area contributed by atoms with Crippen LogP contribution in [0.15, 0.2) is 25.3 Å². The highest BCUT2D eigenvalue weighted by Gasteiger charge is 2.30. The van der Waals surface area contributed by atoms with Gasteiger partial charge in [-0.2, -0.15) is 0 Å². The van der Waals surface area contributed by atoms with Gasteiger partial charge in [-0.1, -0.05) is 31.4 Å². The Labute approximate surface area is 141 Å². The first-order chi connectivity index (χ1) is 11.2. The topological polar surface area (TPSA) is 26.8 Å². The molecule has 1 aliphatic carbocycles. The Kier molecular flexibility index (Phi) is 7.31. The van der Waals surface area contributed by atoms with E-state index in [1.165, 1.54) is 32.1 Å². The molecule has 1 heterocycles. The molecule has 0 spiro atoms. The summed E-state index contributed by atoms with van der Waals surface area (Å²) in [6.45, 7) is 14.9. The second-order valence-electron chi connectivity index (χ2n) is 6.86. The molecule has 1 atom stereocenters. The van der Waals surface area contributed by atoms with E-state index in [2.05, 4.69) is 23.0 Å². The van der Waals surface area contributed by atoms with Crippen LogP contribution in [-0.2, 0) is 4.79 Å². The summed E-state index contributed by atoms with van der Waals surface area (Å²) < 4.78 is 0. The number of hydrogen-bond acceptors (Lipinski definition) is 3. The Morgan fingerprint density at radius 3 is 2.17 bits per heavy atom. The second-order valence-corrected chi connectivity index (χ2v) is 6.86. The van der Waals surface area contributed by atoms with Gasteiger partial charge in [-0.3, -0.25) is 14.6 Å². The standard InChI is InChI=1S/C19H33N3O/c1-4-11-22(12-5-2)19(23)17(3)20-13-15-21(16-14-20)18-9-7-6-8-10-18/h4-5,17-18H,1-2,6-16H2,3H3. The Morgan fingerprint density at radius 2 is 1.65 bits per heavy atom. The molecule has 0 aromatic rings. The van der Waals surface area contributed by atoms with Crippen molar-refractivity contribution in [2.75, 3.05) is 39.3 Å². The maximum absolute atomic E-state index is 12.7. The van der Waals surface area contributed by atoms with Gasteiger partial charge >= 0.3 is 0 Å². The highest BCUT2D eigenvalue weighted by atomic mass is 16.2. The summed E-state index contributed by atoms with van der Waals surface area (Å²) in [4.78, 5) is 19.5. The molecule has 0 aromatic carbocycles. The number of piperazine rings is 1. The van der Waals surface area contributed by atoms with E-state index in [1.54, 1.807) is 12.2 Å². The van der Waals surface area contributed by atoms with Crippen LogP contribution in [0.3, 0.4) is 0 Å². The van der Waals surface area contributed by atoms with Crippen molar-refractivity contribution in [2.45, 2.75) is 51.1 Å². The van der Waals surface area contributed by atoms with E-state index in [0.717, 1.165) is 32.2 Å². The molecule has 0 aromatic heterocycles. The van der Waals surface area contributed by atoms with Crippen molar-refractivity contribution in [2.24, 2.45) is 0 Å². The lowest BCUT2D eigenvalue weighted by atomic mass is 9.93. The van der Waals surface area contributed by atoms with Crippen LogP contribution < -0.4 is 0 Å². The predicted molar refractivity (Wildman–Crippen MR) is 96.5 cm³/mol. The van der Waals surface area contributed by atoms with Gasteiger partial charge in [0.2, 0.25) is 5.91 Å². The number of carbonyl (C=O) groups excluding carboxylic acids is 1. The molecule has 0 bridgehead atoms. The Bertz CT molecular complexity index is 385. The van der Waals surface area contributed by atoms with E-state index < -0.39 is 0 Å². The fourth-order valence-corrected chi connectivity index (χ4v) is 3.92. The van der Waals surface area contributed by atoms with Crippen LogP contribution in [0.2, 0.25) is 0 Å². The molecule has 23 heavy (non-hydrogen) atoms. The van der Waals surface area contributed by atoms with E-state index in [1.807, 2.05) is 11.8 Å². The molecule has 0 N–H and O–H groups in total. The van der Waals surface area contributed by atoms with Crippen LogP contribution in [-0.4, -0.2) is 72.0 Å². The average Bonchev–Trinajstić information content (AvgIpc) is 2.61. The fourth-order valence-electron chi connectivity index (χ4n) is 3.92. The third kappa shape index (κ3) is 4.92. The number of nitrogens with zero attached hydrogens (tertiary/aromatic N) is 3. The minimum atomic E-state index is -0.0524. The summed E-state index contributed by atoms with van der Waals surface area (Å²) >= 11 is 0. The first-order valence-corrected chi connectivity index (χ1v) is 9.16. The van der Waals surface area contributed by atoms with Crippen LogP contribution in [0.5, 0.6) is 0 Å². The van der Waals surface area contributed by atoms with Crippen LogP contribution in [0.25, 0.3) is 0 Å². The zero-order valence-corrected chi connectivity index (χ0v) is 14.8. The summed E-state index contributed by atoms with van der Waals surface area (Å²) in [7, 11) is 0. The highest BCUT2D eigenvalue weighted by molar-refractivity contribution is 5.81. The third-order valence-corrected chi connectivity index (χ3v) is 5.36. The lowest BCUT2D eigenvalue weighted by Gasteiger charge is -2.42. The number of rotatable bonds is 7. The van der Waals surface area contributed by atoms with Crippen molar-refractivity contribution < 1.29 is 4.79 Å². The maximum Gasteiger partial charge on any atom is 0.240 e. The van der Waals surface area contributed by atoms with Crippen molar-refractivity contribution in [3.63, 3.8) is 0 Å². The Balaban J connectivity index is 1.84. The quantitative estimate of drug-likeness (QED) is 0.675. The molecular formula is C19H33N3O. The minimum Gasteiger partial charge on any atom is -0.334 e. The minimum absolute atomic E-state index is 0.0524. The fraction of sp³-hybridized carbons (Fsp3) is 0.737. The summed E-state index contributed by atoms with van der Waals surface area (Å²) in [5.74, 6) is 0.191. The van der Waals surface area contributed by atoms with Crippen LogP contribution in [0.1, 0.15) is 39.0 Å². The van der Waals surface area contributed by atoms with Crippen LogP contribution >= 0.6 is 0 Å². The van der Waals surface area contributed by atoms with Crippen LogP contribution in [0.4, 0.5) is 0 Å². The zero-order chi connectivity index (χ0) is 16.7. The molecule has 2 aliphatic rings. The van der Waals surface area contributed by atoms with Gasteiger partial charge in [0.05, 0.1) is 6.04 Å². The van der Waals surface area contributed by atoms with Gasteiger partial charge in [0.15, 0.2) is 0 Å². The van der Waals surface area contributed by atoms with Crippen molar-refractivity contribution in [3.05, 3.63) is 25.3 Å². The van der Waals surface area contributed by atoms with Crippen molar-refractivity contribution >= 4 is 5.91 Å². The summed E-state index contributed by atoms with van der Waals surface area (Å²) in [6, 6.07) is 0.735. The summed E-state index contributed by atoms with van der Waals surface area (Å²) in [6.07, 6.45) is 10.5. The van der Waals surface area contributed by atoms with Gasteiger partial charge in [-0.05, 0) is 19.8 Å². The monoisotopic (exact) mass is 319 g/mol. The Hall–Kier alpha value is -1.13. The summed E-state index contributed by atoms with van der Waals surface area (Å²) in [5.41, 5.74) is 0. The molecule has 2 fully saturated rings. The lowest BCUT2D eigenvalue weighted by Crippen LogP contribution is -2.56. The van der Waals surface area contributed by atoms with Gasteiger partial charge in [-0.15, -0.1) is 13.2 Å². The third-order valence-electron chi connectivity index (χ3n) is 5.36. The van der Waals surface area contributed by atoms with E-state index in [4.69, 9.17) is 0 Å². The number of hydrogen-bond donors (Lipinski definition) is 0. The maximum atomic E-state index is 12.7. The molecule has 2 rings (SSSR count). The molecule has 4 heteroatoms. The molecule has 1 aliphatic heterocycles. The SMILES string of the molecule is C=CCN(CC=C)C(=O)C(C)N1CCN(C2CCCCC2)CC1. The van der Waals surface area contributed by atoms with Gasteiger partial charge in [0, 0.05) is 45.3 Å². The van der Waals surface area contributed by atoms with Gasteiger partial charge in [0.1, 0.15) is 0 Å². The van der Waals surface area contributed by atoms with E-state index in [-0.39, 0.29) is 11.9 Å². The molecule has 0 radical (unpaired) electrons. The average molecular weight is 319 g/mol. The molecule has 130 valence electrons. The molecule has 4 nitrogen and oxygen atoms in total. The predicted octanol–water partition coefficient (Wildman–Crippen LogP) is 2.53. The van der Waals surface area contributed by atoms with Gasteiger partial charge < -0.3 is 4.90 Å². The van der Waals surface area contributed by atoms with E-state index in [9.17, 15) is 4.79 Å². The number of amides is 1. The molecule has 1 unspecified atom stereocenters. The normalized spacial score (nSPS) is 22.5. The first-order valence-electron chi connectivity index (χ1n) is 9.16. The van der Waals surface area contributed by atoms with E-state index in [0.29, 0.717) is 13.1 Å². The number of carbonyl (C=O) groups is 1. The molecule has 1 amide bonds. The van der Waals surface area contributed by atoms with Crippen LogP contribution in [0, 0.1) is 0 Å². The van der Waals surface area contributed by atoms with Crippen molar-refractivity contribution in [3.8, 4) is 0 Å².